The normalized spacial score (nSPS) is 16.7. The molecule has 1 fully saturated rings. The Labute approximate surface area is 89.0 Å². The smallest absolute Gasteiger partial charge is 0.289 e. The van der Waals surface area contributed by atoms with Crippen LogP contribution >= 0.6 is 0 Å². The molecule has 1 aromatic rings. The van der Waals surface area contributed by atoms with E-state index in [1.165, 1.54) is 6.42 Å². The summed E-state index contributed by atoms with van der Waals surface area (Å²) in [6.07, 6.45) is 3.41. The zero-order valence-electron chi connectivity index (χ0n) is 8.74. The average Bonchev–Trinajstić information content (AvgIpc) is 2.78. The molecule has 0 unspecified atom stereocenters. The van der Waals surface area contributed by atoms with Crippen LogP contribution in [0.5, 0.6) is 0 Å². The molecule has 0 saturated carbocycles. The first-order valence-corrected chi connectivity index (χ1v) is 5.39. The van der Waals surface area contributed by atoms with E-state index in [2.05, 4.69) is 0 Å². The lowest BCUT2D eigenvalue weighted by Gasteiger charge is -2.25. The van der Waals surface area contributed by atoms with Crippen LogP contribution < -0.4 is 5.73 Å². The Morgan fingerprint density at radius 2 is 2.07 bits per heavy atom. The van der Waals surface area contributed by atoms with Crippen molar-refractivity contribution in [3.8, 4) is 0 Å². The van der Waals surface area contributed by atoms with Gasteiger partial charge in [0.1, 0.15) is 5.76 Å². The van der Waals surface area contributed by atoms with E-state index in [4.69, 9.17) is 10.2 Å². The van der Waals surface area contributed by atoms with Crippen LogP contribution in [-0.2, 0) is 6.54 Å². The highest BCUT2D eigenvalue weighted by molar-refractivity contribution is 5.91. The molecule has 1 aliphatic rings. The van der Waals surface area contributed by atoms with E-state index in [9.17, 15) is 4.79 Å². The van der Waals surface area contributed by atoms with E-state index in [1.807, 2.05) is 4.90 Å². The van der Waals surface area contributed by atoms with Gasteiger partial charge >= 0.3 is 0 Å². The van der Waals surface area contributed by atoms with Gasteiger partial charge in [-0.3, -0.25) is 4.79 Å². The standard InChI is InChI=1S/C11H16N2O2/c12-8-9-4-5-10(15-9)11(14)13-6-2-1-3-7-13/h4-5H,1-3,6-8,12H2. The predicted molar refractivity (Wildman–Crippen MR) is 56.4 cm³/mol. The van der Waals surface area contributed by atoms with Gasteiger partial charge in [0.25, 0.3) is 5.91 Å². The van der Waals surface area contributed by atoms with Gasteiger partial charge in [-0.15, -0.1) is 0 Å². The number of carbonyl (C=O) groups is 1. The molecule has 0 spiro atoms. The van der Waals surface area contributed by atoms with Crippen LogP contribution in [0.25, 0.3) is 0 Å². The zero-order chi connectivity index (χ0) is 10.7. The van der Waals surface area contributed by atoms with Crippen molar-refractivity contribution in [3.63, 3.8) is 0 Å². The maximum Gasteiger partial charge on any atom is 0.289 e. The van der Waals surface area contributed by atoms with E-state index < -0.39 is 0 Å². The summed E-state index contributed by atoms with van der Waals surface area (Å²) in [4.78, 5) is 13.8. The van der Waals surface area contributed by atoms with Crippen LogP contribution in [-0.4, -0.2) is 23.9 Å². The van der Waals surface area contributed by atoms with Gasteiger partial charge in [-0.25, -0.2) is 0 Å². The Bertz CT molecular complexity index is 340. The lowest BCUT2D eigenvalue weighted by Crippen LogP contribution is -2.35. The monoisotopic (exact) mass is 208 g/mol. The Balaban J connectivity index is 2.05. The molecule has 0 bridgehead atoms. The molecule has 4 heteroatoms. The van der Waals surface area contributed by atoms with E-state index in [1.54, 1.807) is 12.1 Å². The molecule has 2 heterocycles. The topological polar surface area (TPSA) is 59.5 Å². The number of furan rings is 1. The number of hydrogen-bond acceptors (Lipinski definition) is 3. The number of rotatable bonds is 2. The lowest BCUT2D eigenvalue weighted by atomic mass is 10.1. The van der Waals surface area contributed by atoms with Crippen molar-refractivity contribution in [1.29, 1.82) is 0 Å². The van der Waals surface area contributed by atoms with E-state index in [0.29, 0.717) is 18.1 Å². The SMILES string of the molecule is NCc1ccc(C(=O)N2CCCCC2)o1. The molecule has 1 saturated heterocycles. The Morgan fingerprint density at radius 3 is 2.67 bits per heavy atom. The van der Waals surface area contributed by atoms with Crippen molar-refractivity contribution in [2.45, 2.75) is 25.8 Å². The van der Waals surface area contributed by atoms with Gasteiger partial charge in [0, 0.05) is 13.1 Å². The zero-order valence-corrected chi connectivity index (χ0v) is 8.74. The molecule has 1 amide bonds. The highest BCUT2D eigenvalue weighted by Gasteiger charge is 2.20. The van der Waals surface area contributed by atoms with Crippen molar-refractivity contribution in [1.82, 2.24) is 4.90 Å². The molecule has 1 aliphatic heterocycles. The van der Waals surface area contributed by atoms with Crippen molar-refractivity contribution >= 4 is 5.91 Å². The summed E-state index contributed by atoms with van der Waals surface area (Å²) in [6, 6.07) is 3.47. The fourth-order valence-electron chi connectivity index (χ4n) is 1.86. The molecule has 0 aromatic carbocycles. The first kappa shape index (κ1) is 10.2. The number of amides is 1. The fourth-order valence-corrected chi connectivity index (χ4v) is 1.86. The molecule has 15 heavy (non-hydrogen) atoms. The molecule has 1 aromatic heterocycles. The predicted octanol–water partition coefficient (Wildman–Crippen LogP) is 1.36. The number of hydrogen-bond donors (Lipinski definition) is 1. The van der Waals surface area contributed by atoms with Gasteiger partial charge in [-0.2, -0.15) is 0 Å². The average molecular weight is 208 g/mol. The van der Waals surface area contributed by atoms with Gasteiger partial charge in [0.05, 0.1) is 6.54 Å². The van der Waals surface area contributed by atoms with E-state index in [0.717, 1.165) is 25.9 Å². The number of carbonyl (C=O) groups excluding carboxylic acids is 1. The largest absolute Gasteiger partial charge is 0.455 e. The second-order valence-electron chi connectivity index (χ2n) is 3.82. The Kier molecular flexibility index (Phi) is 3.06. The minimum atomic E-state index is -0.00519. The Hall–Kier alpha value is -1.29. The molecule has 2 N–H and O–H groups in total. The summed E-state index contributed by atoms with van der Waals surface area (Å²) in [5, 5.41) is 0. The van der Waals surface area contributed by atoms with Gasteiger partial charge in [0.2, 0.25) is 0 Å². The minimum absolute atomic E-state index is 0.00519. The van der Waals surface area contributed by atoms with Crippen LogP contribution in [0.1, 0.15) is 35.6 Å². The molecule has 2 rings (SSSR count). The molecule has 0 radical (unpaired) electrons. The van der Waals surface area contributed by atoms with E-state index >= 15 is 0 Å². The minimum Gasteiger partial charge on any atom is -0.455 e. The molecular formula is C11H16N2O2. The van der Waals surface area contributed by atoms with Crippen LogP contribution in [0, 0.1) is 0 Å². The Morgan fingerprint density at radius 1 is 1.33 bits per heavy atom. The van der Waals surface area contributed by atoms with Gasteiger partial charge < -0.3 is 15.1 Å². The fraction of sp³-hybridized carbons (Fsp3) is 0.545. The van der Waals surface area contributed by atoms with Crippen molar-refractivity contribution in [2.24, 2.45) is 5.73 Å². The molecule has 4 nitrogen and oxygen atoms in total. The van der Waals surface area contributed by atoms with Crippen LogP contribution in [0.3, 0.4) is 0 Å². The summed E-state index contributed by atoms with van der Waals surface area (Å²) in [5.74, 6) is 1.07. The highest BCUT2D eigenvalue weighted by atomic mass is 16.4. The third-order valence-corrected chi connectivity index (χ3v) is 2.72. The van der Waals surface area contributed by atoms with Gasteiger partial charge in [0.15, 0.2) is 5.76 Å². The maximum atomic E-state index is 11.9. The first-order valence-electron chi connectivity index (χ1n) is 5.39. The number of nitrogens with zero attached hydrogens (tertiary/aromatic N) is 1. The summed E-state index contributed by atoms with van der Waals surface area (Å²) < 4.78 is 5.33. The number of nitrogens with two attached hydrogens (primary N) is 1. The van der Waals surface area contributed by atoms with Crippen molar-refractivity contribution < 1.29 is 9.21 Å². The third-order valence-electron chi connectivity index (χ3n) is 2.72. The van der Waals surface area contributed by atoms with Crippen LogP contribution in [0.15, 0.2) is 16.5 Å². The first-order chi connectivity index (χ1) is 7.31. The summed E-state index contributed by atoms with van der Waals surface area (Å²) >= 11 is 0. The summed E-state index contributed by atoms with van der Waals surface area (Å²) in [7, 11) is 0. The van der Waals surface area contributed by atoms with Gasteiger partial charge in [-0.1, -0.05) is 0 Å². The molecular weight excluding hydrogens is 192 g/mol. The van der Waals surface area contributed by atoms with Crippen LogP contribution in [0.4, 0.5) is 0 Å². The van der Waals surface area contributed by atoms with Crippen molar-refractivity contribution in [2.75, 3.05) is 13.1 Å². The number of piperidine rings is 1. The molecule has 82 valence electrons. The third kappa shape index (κ3) is 2.21. The summed E-state index contributed by atoms with van der Waals surface area (Å²) in [5.41, 5.74) is 5.42. The van der Waals surface area contributed by atoms with Crippen LogP contribution in [0.2, 0.25) is 0 Å². The van der Waals surface area contributed by atoms with Gasteiger partial charge in [-0.05, 0) is 31.4 Å². The lowest BCUT2D eigenvalue weighted by molar-refractivity contribution is 0.0690. The quantitative estimate of drug-likeness (QED) is 0.798. The summed E-state index contributed by atoms with van der Waals surface area (Å²) in [6.45, 7) is 2.03. The van der Waals surface area contributed by atoms with Crippen molar-refractivity contribution in [3.05, 3.63) is 23.7 Å². The maximum absolute atomic E-state index is 11.9. The molecule has 0 atom stereocenters. The second-order valence-corrected chi connectivity index (χ2v) is 3.82. The van der Waals surface area contributed by atoms with E-state index in [-0.39, 0.29) is 5.91 Å². The second kappa shape index (κ2) is 4.49. The highest BCUT2D eigenvalue weighted by Crippen LogP contribution is 2.15. The number of likely N-dealkylation sites (tertiary alicyclic amines) is 1. The molecule has 0 aliphatic carbocycles.